The van der Waals surface area contributed by atoms with Gasteiger partial charge in [0.25, 0.3) is 0 Å². The highest BCUT2D eigenvalue weighted by Gasteiger charge is 2.16. The van der Waals surface area contributed by atoms with Crippen molar-refractivity contribution in [2.24, 2.45) is 0 Å². The van der Waals surface area contributed by atoms with Crippen LogP contribution in [0.25, 0.3) is 6.08 Å². The monoisotopic (exact) mass is 437 g/mol. The summed E-state index contributed by atoms with van der Waals surface area (Å²) < 4.78 is 11.2. The summed E-state index contributed by atoms with van der Waals surface area (Å²) in [6.45, 7) is 14.6. The molecule has 0 saturated carbocycles. The van der Waals surface area contributed by atoms with Gasteiger partial charge in [-0.1, -0.05) is 13.0 Å². The Labute approximate surface area is 191 Å². The number of carbonyl (C=O) groups excluding carboxylic acids is 1. The molecule has 0 atom stereocenters. The minimum absolute atomic E-state index is 0.163. The maximum absolute atomic E-state index is 12.5. The van der Waals surface area contributed by atoms with Crippen LogP contribution in [0, 0.1) is 6.92 Å². The SMILES string of the molecule is CCOc1ccc(/C=C/C(=O)Nc2ccc(N3CCN(CC)CC3)cc2C)cc1OCC. The van der Waals surface area contributed by atoms with Gasteiger partial charge in [-0.2, -0.15) is 0 Å². The van der Waals surface area contributed by atoms with Gasteiger partial charge >= 0.3 is 0 Å². The van der Waals surface area contributed by atoms with E-state index in [4.69, 9.17) is 9.47 Å². The number of hydrogen-bond donors (Lipinski definition) is 1. The number of amides is 1. The molecular formula is C26H35N3O3. The van der Waals surface area contributed by atoms with Crippen molar-refractivity contribution in [1.82, 2.24) is 4.90 Å². The van der Waals surface area contributed by atoms with Gasteiger partial charge in [0.15, 0.2) is 11.5 Å². The molecule has 1 amide bonds. The van der Waals surface area contributed by atoms with Gasteiger partial charge in [-0.3, -0.25) is 4.79 Å². The number of rotatable bonds is 9. The number of nitrogens with zero attached hydrogens (tertiary/aromatic N) is 2. The van der Waals surface area contributed by atoms with E-state index in [0.717, 1.165) is 49.5 Å². The van der Waals surface area contributed by atoms with Crippen LogP contribution in [0.3, 0.4) is 0 Å². The van der Waals surface area contributed by atoms with E-state index < -0.39 is 0 Å². The number of piperazine rings is 1. The van der Waals surface area contributed by atoms with Crippen molar-refractivity contribution < 1.29 is 14.3 Å². The Morgan fingerprint density at radius 1 is 0.969 bits per heavy atom. The van der Waals surface area contributed by atoms with Crippen LogP contribution in [0.5, 0.6) is 11.5 Å². The summed E-state index contributed by atoms with van der Waals surface area (Å²) in [5.74, 6) is 1.23. The van der Waals surface area contributed by atoms with Crippen LogP contribution in [0.2, 0.25) is 0 Å². The molecule has 1 fully saturated rings. The van der Waals surface area contributed by atoms with E-state index in [0.29, 0.717) is 24.7 Å². The topological polar surface area (TPSA) is 54.0 Å². The zero-order valence-electron chi connectivity index (χ0n) is 19.7. The van der Waals surface area contributed by atoms with Crippen LogP contribution in [0.4, 0.5) is 11.4 Å². The van der Waals surface area contributed by atoms with Gasteiger partial charge in [0, 0.05) is 43.6 Å². The van der Waals surface area contributed by atoms with Crippen LogP contribution in [0.15, 0.2) is 42.5 Å². The number of anilines is 2. The molecule has 0 radical (unpaired) electrons. The van der Waals surface area contributed by atoms with E-state index in [-0.39, 0.29) is 5.91 Å². The highest BCUT2D eigenvalue weighted by molar-refractivity contribution is 6.02. The molecule has 0 spiro atoms. The molecule has 6 nitrogen and oxygen atoms in total. The maximum atomic E-state index is 12.5. The summed E-state index contributed by atoms with van der Waals surface area (Å²) in [7, 11) is 0. The summed E-state index contributed by atoms with van der Waals surface area (Å²) >= 11 is 0. The first kappa shape index (κ1) is 23.7. The fourth-order valence-electron chi connectivity index (χ4n) is 3.82. The average molecular weight is 438 g/mol. The molecular weight excluding hydrogens is 402 g/mol. The summed E-state index contributed by atoms with van der Waals surface area (Å²) in [4.78, 5) is 17.4. The summed E-state index contributed by atoms with van der Waals surface area (Å²) in [6, 6.07) is 11.9. The van der Waals surface area contributed by atoms with Gasteiger partial charge in [0.2, 0.25) is 5.91 Å². The van der Waals surface area contributed by atoms with Crippen LogP contribution in [0.1, 0.15) is 31.9 Å². The molecule has 0 unspecified atom stereocenters. The minimum atomic E-state index is -0.163. The Morgan fingerprint density at radius 2 is 1.69 bits per heavy atom. The highest BCUT2D eigenvalue weighted by Crippen LogP contribution is 2.29. The van der Waals surface area contributed by atoms with Crippen molar-refractivity contribution >= 4 is 23.4 Å². The Kier molecular flexibility index (Phi) is 8.56. The maximum Gasteiger partial charge on any atom is 0.248 e. The normalized spacial score (nSPS) is 14.6. The number of benzene rings is 2. The first-order valence-corrected chi connectivity index (χ1v) is 11.5. The lowest BCUT2D eigenvalue weighted by Crippen LogP contribution is -2.46. The summed E-state index contributed by atoms with van der Waals surface area (Å²) in [5.41, 5.74) is 3.98. The predicted octanol–water partition coefficient (Wildman–Crippen LogP) is 4.59. The second-order valence-corrected chi connectivity index (χ2v) is 7.82. The van der Waals surface area contributed by atoms with E-state index in [2.05, 4.69) is 34.2 Å². The Balaban J connectivity index is 1.62. The van der Waals surface area contributed by atoms with Gasteiger partial charge in [0.05, 0.1) is 13.2 Å². The molecule has 3 rings (SSSR count). The third kappa shape index (κ3) is 6.26. The van der Waals surface area contributed by atoms with Gasteiger partial charge < -0.3 is 24.6 Å². The van der Waals surface area contributed by atoms with Crippen molar-refractivity contribution in [2.75, 3.05) is 56.2 Å². The smallest absolute Gasteiger partial charge is 0.248 e. The minimum Gasteiger partial charge on any atom is -0.490 e. The lowest BCUT2D eigenvalue weighted by atomic mass is 10.1. The van der Waals surface area contributed by atoms with E-state index in [1.807, 2.05) is 45.0 Å². The standard InChI is InChI=1S/C26H35N3O3/c1-5-28-14-16-29(17-15-28)22-10-11-23(20(4)18-22)27-26(30)13-9-21-8-12-24(31-6-2)25(19-21)32-7-3/h8-13,18-19H,5-7,14-17H2,1-4H3,(H,27,30)/b13-9+. The molecule has 0 aromatic heterocycles. The van der Waals surface area contributed by atoms with E-state index >= 15 is 0 Å². The van der Waals surface area contributed by atoms with Crippen LogP contribution in [-0.4, -0.2) is 56.7 Å². The molecule has 1 aliphatic rings. The quantitative estimate of drug-likeness (QED) is 0.582. The lowest BCUT2D eigenvalue weighted by Gasteiger charge is -2.35. The molecule has 6 heteroatoms. The number of hydrogen-bond acceptors (Lipinski definition) is 5. The van der Waals surface area contributed by atoms with Crippen LogP contribution in [-0.2, 0) is 4.79 Å². The molecule has 0 aliphatic carbocycles. The molecule has 1 aliphatic heterocycles. The van der Waals surface area contributed by atoms with Crippen molar-refractivity contribution in [3.8, 4) is 11.5 Å². The Morgan fingerprint density at radius 3 is 2.34 bits per heavy atom. The van der Waals surface area contributed by atoms with Crippen LogP contribution < -0.4 is 19.7 Å². The van der Waals surface area contributed by atoms with Gasteiger partial charge in [-0.05, 0) is 74.9 Å². The summed E-state index contributed by atoms with van der Waals surface area (Å²) in [6.07, 6.45) is 3.33. The molecule has 2 aromatic carbocycles. The number of carbonyl (C=O) groups is 1. The van der Waals surface area contributed by atoms with Crippen LogP contribution >= 0.6 is 0 Å². The van der Waals surface area contributed by atoms with E-state index in [1.165, 1.54) is 5.69 Å². The fraction of sp³-hybridized carbons (Fsp3) is 0.423. The number of aryl methyl sites for hydroxylation is 1. The van der Waals surface area contributed by atoms with Crippen molar-refractivity contribution in [1.29, 1.82) is 0 Å². The third-order valence-corrected chi connectivity index (χ3v) is 5.65. The van der Waals surface area contributed by atoms with E-state index in [9.17, 15) is 4.79 Å². The number of nitrogens with one attached hydrogen (secondary N) is 1. The highest BCUT2D eigenvalue weighted by atomic mass is 16.5. The van der Waals surface area contributed by atoms with Gasteiger partial charge in [-0.15, -0.1) is 0 Å². The average Bonchev–Trinajstić information content (AvgIpc) is 2.81. The first-order chi connectivity index (χ1) is 15.5. The number of ether oxygens (including phenoxy) is 2. The van der Waals surface area contributed by atoms with Gasteiger partial charge in [-0.25, -0.2) is 0 Å². The molecule has 172 valence electrons. The van der Waals surface area contributed by atoms with Crippen molar-refractivity contribution in [3.63, 3.8) is 0 Å². The molecule has 1 saturated heterocycles. The third-order valence-electron chi connectivity index (χ3n) is 5.65. The zero-order valence-corrected chi connectivity index (χ0v) is 19.7. The zero-order chi connectivity index (χ0) is 22.9. The predicted molar refractivity (Wildman–Crippen MR) is 132 cm³/mol. The Hall–Kier alpha value is -2.99. The molecule has 1 heterocycles. The Bertz CT molecular complexity index is 934. The van der Waals surface area contributed by atoms with Crippen molar-refractivity contribution in [2.45, 2.75) is 27.7 Å². The van der Waals surface area contributed by atoms with Gasteiger partial charge in [0.1, 0.15) is 0 Å². The lowest BCUT2D eigenvalue weighted by molar-refractivity contribution is -0.111. The molecule has 2 aromatic rings. The first-order valence-electron chi connectivity index (χ1n) is 11.5. The second-order valence-electron chi connectivity index (χ2n) is 7.82. The van der Waals surface area contributed by atoms with Crippen molar-refractivity contribution in [3.05, 3.63) is 53.6 Å². The number of likely N-dealkylation sites (N-methyl/N-ethyl adjacent to an activating group) is 1. The van der Waals surface area contributed by atoms with E-state index in [1.54, 1.807) is 12.2 Å². The second kappa shape index (κ2) is 11.6. The fourth-order valence-corrected chi connectivity index (χ4v) is 3.82. The molecule has 32 heavy (non-hydrogen) atoms. The molecule has 0 bridgehead atoms. The summed E-state index contributed by atoms with van der Waals surface area (Å²) in [5, 5.41) is 2.99. The molecule has 1 N–H and O–H groups in total. The largest absolute Gasteiger partial charge is 0.490 e.